The van der Waals surface area contributed by atoms with Gasteiger partial charge in [0.25, 0.3) is 5.91 Å². The second-order valence-corrected chi connectivity index (χ2v) is 5.36. The zero-order valence-electron chi connectivity index (χ0n) is 12.2. The fraction of sp³-hybridized carbons (Fsp3) is 0.467. The zero-order valence-corrected chi connectivity index (χ0v) is 12.2. The lowest BCUT2D eigenvalue weighted by Gasteiger charge is -2.22. The van der Waals surface area contributed by atoms with Gasteiger partial charge in [0, 0.05) is 13.1 Å². The molecule has 1 aliphatic rings. The largest absolute Gasteiger partial charge is 0.489 e. The fourth-order valence-electron chi connectivity index (χ4n) is 2.26. The molecule has 0 radical (unpaired) electrons. The van der Waals surface area contributed by atoms with Crippen LogP contribution in [0.2, 0.25) is 0 Å². The number of benzene rings is 1. The van der Waals surface area contributed by atoms with Gasteiger partial charge >= 0.3 is 5.97 Å². The van der Waals surface area contributed by atoms with Crippen LogP contribution in [0.1, 0.15) is 24.2 Å². The standard InChI is InChI=1S/C15H20N2O4/c1-9(2)11(15(19)20)8-17-14(18)10-4-3-5-12-13(10)21-7-6-16-12/h3-5,9,11,16H,6-8H2,1-2H3,(H,17,18)(H,19,20). The van der Waals surface area contributed by atoms with Crippen molar-refractivity contribution in [2.75, 3.05) is 25.0 Å². The van der Waals surface area contributed by atoms with Gasteiger partial charge in [-0.25, -0.2) is 0 Å². The summed E-state index contributed by atoms with van der Waals surface area (Å²) < 4.78 is 5.54. The molecular formula is C15H20N2O4. The van der Waals surface area contributed by atoms with E-state index in [2.05, 4.69) is 10.6 Å². The molecule has 0 aromatic heterocycles. The van der Waals surface area contributed by atoms with Gasteiger partial charge in [-0.15, -0.1) is 0 Å². The summed E-state index contributed by atoms with van der Waals surface area (Å²) in [6.45, 7) is 4.95. The number of fused-ring (bicyclic) bond motifs is 1. The van der Waals surface area contributed by atoms with Crippen LogP contribution in [0.3, 0.4) is 0 Å². The maximum absolute atomic E-state index is 12.3. The van der Waals surface area contributed by atoms with E-state index in [-0.39, 0.29) is 18.4 Å². The lowest BCUT2D eigenvalue weighted by atomic mass is 9.96. The number of hydrogen-bond acceptors (Lipinski definition) is 4. The van der Waals surface area contributed by atoms with E-state index >= 15 is 0 Å². The number of ether oxygens (including phenoxy) is 1. The van der Waals surface area contributed by atoms with Crippen molar-refractivity contribution in [3.8, 4) is 5.75 Å². The highest BCUT2D eigenvalue weighted by atomic mass is 16.5. The number of anilines is 1. The van der Waals surface area contributed by atoms with Crippen molar-refractivity contribution in [1.82, 2.24) is 5.32 Å². The van der Waals surface area contributed by atoms with Crippen LogP contribution in [-0.2, 0) is 4.79 Å². The smallest absolute Gasteiger partial charge is 0.308 e. The van der Waals surface area contributed by atoms with Crippen molar-refractivity contribution in [2.45, 2.75) is 13.8 Å². The first kappa shape index (κ1) is 15.2. The minimum atomic E-state index is -0.904. The number of hydrogen-bond donors (Lipinski definition) is 3. The van der Waals surface area contributed by atoms with Crippen molar-refractivity contribution in [1.29, 1.82) is 0 Å². The van der Waals surface area contributed by atoms with E-state index in [1.54, 1.807) is 12.1 Å². The van der Waals surface area contributed by atoms with Crippen LogP contribution >= 0.6 is 0 Å². The van der Waals surface area contributed by atoms with Crippen LogP contribution in [0.4, 0.5) is 5.69 Å². The van der Waals surface area contributed by atoms with Gasteiger partial charge in [0.15, 0.2) is 5.75 Å². The normalized spacial score (nSPS) is 14.6. The second kappa shape index (κ2) is 6.47. The summed E-state index contributed by atoms with van der Waals surface area (Å²) in [7, 11) is 0. The molecule has 6 heteroatoms. The van der Waals surface area contributed by atoms with Crippen molar-refractivity contribution in [2.24, 2.45) is 11.8 Å². The Bertz CT molecular complexity index is 542. The molecule has 0 saturated carbocycles. The summed E-state index contributed by atoms with van der Waals surface area (Å²) in [4.78, 5) is 23.4. The number of amides is 1. The molecule has 0 bridgehead atoms. The predicted molar refractivity (Wildman–Crippen MR) is 78.7 cm³/mol. The number of para-hydroxylation sites is 1. The molecule has 1 aromatic rings. The van der Waals surface area contributed by atoms with E-state index in [0.717, 1.165) is 5.69 Å². The molecule has 0 spiro atoms. The van der Waals surface area contributed by atoms with Gasteiger partial charge < -0.3 is 20.5 Å². The maximum Gasteiger partial charge on any atom is 0.308 e. The van der Waals surface area contributed by atoms with Crippen LogP contribution in [0.5, 0.6) is 5.75 Å². The molecule has 1 unspecified atom stereocenters. The molecule has 21 heavy (non-hydrogen) atoms. The minimum Gasteiger partial charge on any atom is -0.489 e. The molecular weight excluding hydrogens is 272 g/mol. The summed E-state index contributed by atoms with van der Waals surface area (Å²) >= 11 is 0. The first-order valence-corrected chi connectivity index (χ1v) is 7.01. The topological polar surface area (TPSA) is 87.7 Å². The summed E-state index contributed by atoms with van der Waals surface area (Å²) in [6, 6.07) is 5.29. The quantitative estimate of drug-likeness (QED) is 0.767. The van der Waals surface area contributed by atoms with E-state index in [1.165, 1.54) is 0 Å². The molecule has 114 valence electrons. The van der Waals surface area contributed by atoms with Gasteiger partial charge in [-0.2, -0.15) is 0 Å². The van der Waals surface area contributed by atoms with Crippen LogP contribution in [-0.4, -0.2) is 36.7 Å². The van der Waals surface area contributed by atoms with Crippen LogP contribution in [0.15, 0.2) is 18.2 Å². The van der Waals surface area contributed by atoms with Crippen LogP contribution in [0, 0.1) is 11.8 Å². The average Bonchev–Trinajstić information content (AvgIpc) is 2.46. The van der Waals surface area contributed by atoms with E-state index in [9.17, 15) is 9.59 Å². The van der Waals surface area contributed by atoms with E-state index in [4.69, 9.17) is 9.84 Å². The van der Waals surface area contributed by atoms with Crippen LogP contribution < -0.4 is 15.4 Å². The van der Waals surface area contributed by atoms with E-state index in [1.807, 2.05) is 19.9 Å². The highest BCUT2D eigenvalue weighted by Gasteiger charge is 2.24. The zero-order chi connectivity index (χ0) is 15.4. The summed E-state index contributed by atoms with van der Waals surface area (Å²) in [5.74, 6) is -1.35. The summed E-state index contributed by atoms with van der Waals surface area (Å²) in [5, 5.41) is 15.0. The molecule has 2 rings (SSSR count). The van der Waals surface area contributed by atoms with Gasteiger partial charge in [-0.3, -0.25) is 9.59 Å². The van der Waals surface area contributed by atoms with Gasteiger partial charge in [0.1, 0.15) is 6.61 Å². The van der Waals surface area contributed by atoms with Crippen molar-refractivity contribution in [3.63, 3.8) is 0 Å². The number of carbonyl (C=O) groups excluding carboxylic acids is 1. The van der Waals surface area contributed by atoms with Crippen molar-refractivity contribution < 1.29 is 19.4 Å². The molecule has 1 aromatic carbocycles. The Hall–Kier alpha value is -2.24. The lowest BCUT2D eigenvalue weighted by Crippen LogP contribution is -2.36. The second-order valence-electron chi connectivity index (χ2n) is 5.36. The first-order valence-electron chi connectivity index (χ1n) is 7.01. The SMILES string of the molecule is CC(C)C(CNC(=O)c1cccc2c1OCCN2)C(=O)O. The monoisotopic (exact) mass is 292 g/mol. The predicted octanol–water partition coefficient (Wildman–Crippen LogP) is 1.58. The number of aliphatic carboxylic acids is 1. The molecule has 1 heterocycles. The fourth-order valence-corrected chi connectivity index (χ4v) is 2.26. The minimum absolute atomic E-state index is 0.0506. The molecule has 1 aliphatic heterocycles. The third kappa shape index (κ3) is 3.45. The molecule has 3 N–H and O–H groups in total. The number of carbonyl (C=O) groups is 2. The molecule has 1 atom stereocenters. The maximum atomic E-state index is 12.3. The number of nitrogens with one attached hydrogen (secondary N) is 2. The third-order valence-electron chi connectivity index (χ3n) is 3.53. The Morgan fingerprint density at radius 1 is 1.43 bits per heavy atom. The van der Waals surface area contributed by atoms with Gasteiger partial charge in [-0.1, -0.05) is 19.9 Å². The average molecular weight is 292 g/mol. The Kier molecular flexibility index (Phi) is 4.67. The van der Waals surface area contributed by atoms with E-state index < -0.39 is 11.9 Å². The van der Waals surface area contributed by atoms with E-state index in [0.29, 0.717) is 24.5 Å². The van der Waals surface area contributed by atoms with Crippen molar-refractivity contribution >= 4 is 17.6 Å². The van der Waals surface area contributed by atoms with Crippen molar-refractivity contribution in [3.05, 3.63) is 23.8 Å². The van der Waals surface area contributed by atoms with Gasteiger partial charge in [0.05, 0.1) is 17.2 Å². The molecule has 0 fully saturated rings. The molecule has 0 aliphatic carbocycles. The molecule has 1 amide bonds. The highest BCUT2D eigenvalue weighted by molar-refractivity contribution is 5.99. The summed E-state index contributed by atoms with van der Waals surface area (Å²) in [6.07, 6.45) is 0. The Morgan fingerprint density at radius 3 is 2.86 bits per heavy atom. The summed E-state index contributed by atoms with van der Waals surface area (Å²) in [5.41, 5.74) is 1.21. The Balaban J connectivity index is 2.09. The lowest BCUT2D eigenvalue weighted by molar-refractivity contribution is -0.142. The molecule has 6 nitrogen and oxygen atoms in total. The third-order valence-corrected chi connectivity index (χ3v) is 3.53. The molecule has 0 saturated heterocycles. The first-order chi connectivity index (χ1) is 10.0. The Labute approximate surface area is 123 Å². The Morgan fingerprint density at radius 2 is 2.19 bits per heavy atom. The van der Waals surface area contributed by atoms with Gasteiger partial charge in [-0.05, 0) is 18.1 Å². The number of carboxylic acids is 1. The van der Waals surface area contributed by atoms with Gasteiger partial charge in [0.2, 0.25) is 0 Å². The number of rotatable bonds is 5. The van der Waals surface area contributed by atoms with Crippen LogP contribution in [0.25, 0.3) is 0 Å². The highest BCUT2D eigenvalue weighted by Crippen LogP contribution is 2.31. The number of carboxylic acid groups (broad SMARTS) is 1.